The number of alkyl carbamates (subject to hydrolysis) is 1. The summed E-state index contributed by atoms with van der Waals surface area (Å²) in [6.07, 6.45) is 1.86. The van der Waals surface area contributed by atoms with E-state index in [0.717, 1.165) is 34.7 Å². The molecule has 0 aromatic heterocycles. The number of hydrogen-bond acceptors (Lipinski definition) is 5. The van der Waals surface area contributed by atoms with Crippen molar-refractivity contribution in [2.45, 2.75) is 78.0 Å². The number of aryl methyl sites for hydroxylation is 1. The summed E-state index contributed by atoms with van der Waals surface area (Å²) < 4.78 is 5.53. The van der Waals surface area contributed by atoms with Gasteiger partial charge in [-0.05, 0) is 80.3 Å². The van der Waals surface area contributed by atoms with Crippen LogP contribution >= 0.6 is 0 Å². The molecule has 0 bridgehead atoms. The Labute approximate surface area is 271 Å². The van der Waals surface area contributed by atoms with Crippen LogP contribution in [0.15, 0.2) is 91.0 Å². The van der Waals surface area contributed by atoms with Crippen molar-refractivity contribution in [3.8, 4) is 5.75 Å². The monoisotopic (exact) mass is 623 g/mol. The lowest BCUT2D eigenvalue weighted by Crippen LogP contribution is -2.53. The van der Waals surface area contributed by atoms with Crippen LogP contribution in [0.1, 0.15) is 69.7 Å². The van der Waals surface area contributed by atoms with Crippen LogP contribution in [0.4, 0.5) is 10.5 Å². The molecular weight excluding hydrogens is 578 g/mol. The lowest BCUT2D eigenvalue weighted by Gasteiger charge is -2.35. The standard InChI is InChI=1S/C38H45N3O5/c1-6-7-10-23-41(36(44)33(40-37(45)46-38(3,4)5)24-27-15-21-32(42)22-16-27)34(29-17-13-26(2)14-18-29)35(43)39-31-20-19-28-11-8-9-12-30(28)25-31/h8-9,11-22,25,33-34,42H,6-7,10,23-24H2,1-5H3,(H,39,43)(H,40,45). The molecule has 3 N–H and O–H groups in total. The maximum atomic E-state index is 14.6. The van der Waals surface area contributed by atoms with E-state index in [1.165, 1.54) is 12.1 Å². The zero-order valence-electron chi connectivity index (χ0n) is 27.4. The number of carbonyl (C=O) groups excluding carboxylic acids is 3. The summed E-state index contributed by atoms with van der Waals surface area (Å²) in [4.78, 5) is 43.6. The van der Waals surface area contributed by atoms with E-state index in [1.54, 1.807) is 37.8 Å². The summed E-state index contributed by atoms with van der Waals surface area (Å²) in [5.74, 6) is -0.670. The van der Waals surface area contributed by atoms with Crippen LogP contribution in [0.25, 0.3) is 10.8 Å². The average Bonchev–Trinajstić information content (AvgIpc) is 3.01. The number of phenolic OH excluding ortho intramolecular Hbond substituents is 1. The summed E-state index contributed by atoms with van der Waals surface area (Å²) in [5.41, 5.74) is 2.26. The molecule has 0 heterocycles. The van der Waals surface area contributed by atoms with E-state index in [1.807, 2.05) is 73.7 Å². The molecule has 0 spiro atoms. The normalized spacial score (nSPS) is 12.6. The van der Waals surface area contributed by atoms with Crippen molar-refractivity contribution >= 4 is 34.4 Å². The fraction of sp³-hybridized carbons (Fsp3) is 0.342. The first-order chi connectivity index (χ1) is 21.9. The third-order valence-electron chi connectivity index (χ3n) is 7.62. The number of nitrogens with one attached hydrogen (secondary N) is 2. The minimum atomic E-state index is -1.04. The number of amides is 3. The molecular formula is C38H45N3O5. The van der Waals surface area contributed by atoms with Crippen molar-refractivity contribution in [1.82, 2.24) is 10.2 Å². The van der Waals surface area contributed by atoms with Crippen LogP contribution in [0.2, 0.25) is 0 Å². The van der Waals surface area contributed by atoms with Gasteiger partial charge >= 0.3 is 6.09 Å². The molecule has 0 radical (unpaired) electrons. The fourth-order valence-electron chi connectivity index (χ4n) is 5.32. The van der Waals surface area contributed by atoms with E-state index in [9.17, 15) is 19.5 Å². The fourth-order valence-corrected chi connectivity index (χ4v) is 5.32. The number of unbranched alkanes of at least 4 members (excludes halogenated alkanes) is 2. The minimum Gasteiger partial charge on any atom is -0.508 e. The molecule has 4 rings (SSSR count). The van der Waals surface area contributed by atoms with Crippen LogP contribution in [0, 0.1) is 6.92 Å². The van der Waals surface area contributed by atoms with Gasteiger partial charge in [-0.25, -0.2) is 4.79 Å². The number of anilines is 1. The third-order valence-corrected chi connectivity index (χ3v) is 7.62. The smallest absolute Gasteiger partial charge is 0.408 e. The van der Waals surface area contributed by atoms with E-state index < -0.39 is 29.7 Å². The maximum absolute atomic E-state index is 14.6. The van der Waals surface area contributed by atoms with Gasteiger partial charge in [-0.15, -0.1) is 0 Å². The number of hydrogen-bond donors (Lipinski definition) is 3. The van der Waals surface area contributed by atoms with Crippen LogP contribution in [-0.2, 0) is 20.7 Å². The molecule has 0 aliphatic rings. The highest BCUT2D eigenvalue weighted by Gasteiger charge is 2.36. The number of aromatic hydroxyl groups is 1. The molecule has 2 atom stereocenters. The number of phenols is 1. The Morgan fingerprint density at radius 2 is 1.54 bits per heavy atom. The Bertz CT molecular complexity index is 1630. The largest absolute Gasteiger partial charge is 0.508 e. The quantitative estimate of drug-likeness (QED) is 0.140. The number of ether oxygens (including phenoxy) is 1. The molecule has 0 aliphatic heterocycles. The Hall–Kier alpha value is -4.85. The molecule has 0 saturated carbocycles. The predicted molar refractivity (Wildman–Crippen MR) is 183 cm³/mol. The number of carbonyl (C=O) groups is 3. The highest BCUT2D eigenvalue weighted by molar-refractivity contribution is 6.00. The minimum absolute atomic E-state index is 0.0951. The van der Waals surface area contributed by atoms with E-state index in [0.29, 0.717) is 24.2 Å². The molecule has 242 valence electrons. The van der Waals surface area contributed by atoms with Crippen molar-refractivity contribution in [1.29, 1.82) is 0 Å². The molecule has 46 heavy (non-hydrogen) atoms. The molecule has 8 nitrogen and oxygen atoms in total. The zero-order chi connectivity index (χ0) is 33.3. The van der Waals surface area contributed by atoms with Crippen LogP contribution < -0.4 is 10.6 Å². The molecule has 8 heteroatoms. The lowest BCUT2D eigenvalue weighted by molar-refractivity contribution is -0.140. The molecule has 3 amide bonds. The van der Waals surface area contributed by atoms with E-state index in [2.05, 4.69) is 17.6 Å². The number of fused-ring (bicyclic) bond motifs is 1. The molecule has 4 aromatic rings. The number of nitrogens with zero attached hydrogens (tertiary/aromatic N) is 1. The Morgan fingerprint density at radius 1 is 0.870 bits per heavy atom. The maximum Gasteiger partial charge on any atom is 0.408 e. The van der Waals surface area contributed by atoms with Crippen LogP contribution in [0.5, 0.6) is 5.75 Å². The summed E-state index contributed by atoms with van der Waals surface area (Å²) in [6.45, 7) is 9.61. The number of rotatable bonds is 12. The van der Waals surface area contributed by atoms with Gasteiger partial charge in [0, 0.05) is 18.7 Å². The van der Waals surface area contributed by atoms with Crippen LogP contribution in [0.3, 0.4) is 0 Å². The Morgan fingerprint density at radius 3 is 2.20 bits per heavy atom. The van der Waals surface area contributed by atoms with Gasteiger partial charge in [-0.3, -0.25) is 9.59 Å². The van der Waals surface area contributed by atoms with Crippen molar-refractivity contribution in [2.24, 2.45) is 0 Å². The SMILES string of the molecule is CCCCCN(C(=O)C(Cc1ccc(O)cc1)NC(=O)OC(C)(C)C)C(C(=O)Nc1ccc2ccccc2c1)c1ccc(C)cc1. The second kappa shape index (κ2) is 15.4. The highest BCUT2D eigenvalue weighted by atomic mass is 16.6. The Balaban J connectivity index is 1.74. The second-order valence-electron chi connectivity index (χ2n) is 12.7. The first-order valence-electron chi connectivity index (χ1n) is 15.9. The second-order valence-corrected chi connectivity index (χ2v) is 12.7. The van der Waals surface area contributed by atoms with Gasteiger partial charge in [0.2, 0.25) is 5.91 Å². The van der Waals surface area contributed by atoms with Gasteiger partial charge in [0.05, 0.1) is 0 Å². The first-order valence-corrected chi connectivity index (χ1v) is 15.9. The zero-order valence-corrected chi connectivity index (χ0v) is 27.4. The van der Waals surface area contributed by atoms with Gasteiger partial charge < -0.3 is 25.4 Å². The Kier molecular flexibility index (Phi) is 11.4. The molecule has 0 aliphatic carbocycles. The van der Waals surface area contributed by atoms with Crippen molar-refractivity contribution < 1.29 is 24.2 Å². The number of benzene rings is 4. The summed E-state index contributed by atoms with van der Waals surface area (Å²) in [7, 11) is 0. The summed E-state index contributed by atoms with van der Waals surface area (Å²) in [6, 6.07) is 25.7. The van der Waals surface area contributed by atoms with Gasteiger partial charge in [0.1, 0.15) is 23.4 Å². The highest BCUT2D eigenvalue weighted by Crippen LogP contribution is 2.27. The average molecular weight is 624 g/mol. The van der Waals surface area contributed by atoms with Gasteiger partial charge in [-0.1, -0.05) is 92.1 Å². The van der Waals surface area contributed by atoms with E-state index in [4.69, 9.17) is 4.74 Å². The molecule has 0 saturated heterocycles. The molecule has 2 unspecified atom stereocenters. The lowest BCUT2D eigenvalue weighted by atomic mass is 9.98. The van der Waals surface area contributed by atoms with Crippen molar-refractivity contribution in [2.75, 3.05) is 11.9 Å². The van der Waals surface area contributed by atoms with Crippen molar-refractivity contribution in [3.05, 3.63) is 108 Å². The van der Waals surface area contributed by atoms with E-state index >= 15 is 0 Å². The topological polar surface area (TPSA) is 108 Å². The first kappa shape index (κ1) is 34.0. The molecule has 4 aromatic carbocycles. The predicted octanol–water partition coefficient (Wildman–Crippen LogP) is 7.69. The van der Waals surface area contributed by atoms with Gasteiger partial charge in [-0.2, -0.15) is 0 Å². The van der Waals surface area contributed by atoms with Gasteiger partial charge in [0.25, 0.3) is 5.91 Å². The van der Waals surface area contributed by atoms with Crippen molar-refractivity contribution in [3.63, 3.8) is 0 Å². The third kappa shape index (κ3) is 9.57. The van der Waals surface area contributed by atoms with Crippen LogP contribution in [-0.4, -0.2) is 46.1 Å². The van der Waals surface area contributed by atoms with E-state index in [-0.39, 0.29) is 18.1 Å². The van der Waals surface area contributed by atoms with Gasteiger partial charge in [0.15, 0.2) is 0 Å². The summed E-state index contributed by atoms with van der Waals surface area (Å²) in [5, 5.41) is 17.7. The molecule has 0 fully saturated rings. The summed E-state index contributed by atoms with van der Waals surface area (Å²) >= 11 is 0.